The van der Waals surface area contributed by atoms with Gasteiger partial charge >= 0.3 is 11.9 Å². The Morgan fingerprint density at radius 1 is 0.583 bits per heavy atom. The standard InChI is InChI=1S/C32H42O4/c1-4-7-9-11-13-19-29(33)35-31-25-17-15-16-18-26(25)32(28-23-24(6-3)21-22-27(28)31)36-30(34)20-14-12-10-8-5-2/h15-18,21-23H,4-14,19-20H2,1-3H3. The predicted molar refractivity (Wildman–Crippen MR) is 149 cm³/mol. The van der Waals surface area contributed by atoms with Crippen LogP contribution in [0.2, 0.25) is 0 Å². The first kappa shape index (κ1) is 27.7. The van der Waals surface area contributed by atoms with Crippen molar-refractivity contribution in [3.05, 3.63) is 48.0 Å². The van der Waals surface area contributed by atoms with Gasteiger partial charge in [-0.15, -0.1) is 0 Å². The first-order valence-corrected chi connectivity index (χ1v) is 14.0. The largest absolute Gasteiger partial charge is 0.425 e. The van der Waals surface area contributed by atoms with Gasteiger partial charge in [-0.25, -0.2) is 0 Å². The smallest absolute Gasteiger partial charge is 0.311 e. The Kier molecular flexibility index (Phi) is 11.3. The molecule has 0 saturated carbocycles. The Bertz CT molecular complexity index is 1150. The number of ether oxygens (including phenoxy) is 2. The van der Waals surface area contributed by atoms with Gasteiger partial charge in [-0.1, -0.05) is 109 Å². The van der Waals surface area contributed by atoms with Gasteiger partial charge in [-0.05, 0) is 30.9 Å². The minimum absolute atomic E-state index is 0.211. The topological polar surface area (TPSA) is 52.6 Å². The molecule has 0 amide bonds. The van der Waals surface area contributed by atoms with Crippen LogP contribution in [-0.4, -0.2) is 11.9 Å². The van der Waals surface area contributed by atoms with Crippen molar-refractivity contribution in [1.82, 2.24) is 0 Å². The van der Waals surface area contributed by atoms with Crippen LogP contribution in [0.15, 0.2) is 42.5 Å². The molecule has 4 nitrogen and oxygen atoms in total. The van der Waals surface area contributed by atoms with Gasteiger partial charge in [0.05, 0.1) is 0 Å². The molecule has 194 valence electrons. The van der Waals surface area contributed by atoms with Gasteiger partial charge in [0, 0.05) is 34.4 Å². The van der Waals surface area contributed by atoms with Gasteiger partial charge in [-0.2, -0.15) is 0 Å². The van der Waals surface area contributed by atoms with Crippen LogP contribution in [0.5, 0.6) is 11.5 Å². The molecule has 0 saturated heterocycles. The molecule has 0 spiro atoms. The summed E-state index contributed by atoms with van der Waals surface area (Å²) in [5.74, 6) is 0.695. The lowest BCUT2D eigenvalue weighted by Crippen LogP contribution is -2.11. The molecule has 3 aromatic carbocycles. The predicted octanol–water partition coefficient (Wildman–Crippen LogP) is 9.09. The fourth-order valence-corrected chi connectivity index (χ4v) is 4.66. The molecule has 0 heterocycles. The molecule has 4 heteroatoms. The molecule has 0 bridgehead atoms. The zero-order chi connectivity index (χ0) is 25.8. The van der Waals surface area contributed by atoms with Crippen LogP contribution in [0.25, 0.3) is 21.5 Å². The highest BCUT2D eigenvalue weighted by Crippen LogP contribution is 2.43. The Hall–Kier alpha value is -2.88. The fourth-order valence-electron chi connectivity index (χ4n) is 4.66. The fraction of sp³-hybridized carbons (Fsp3) is 0.500. The highest BCUT2D eigenvalue weighted by molar-refractivity contribution is 6.12. The lowest BCUT2D eigenvalue weighted by molar-refractivity contribution is -0.135. The maximum absolute atomic E-state index is 12.8. The summed E-state index contributed by atoms with van der Waals surface area (Å²) in [7, 11) is 0. The number of fused-ring (bicyclic) bond motifs is 2. The Balaban J connectivity index is 1.91. The Morgan fingerprint density at radius 3 is 1.56 bits per heavy atom. The summed E-state index contributed by atoms with van der Waals surface area (Å²) in [4.78, 5) is 25.6. The minimum atomic E-state index is -0.214. The average Bonchev–Trinajstić information content (AvgIpc) is 2.90. The number of carbonyl (C=O) groups excluding carboxylic acids is 2. The van der Waals surface area contributed by atoms with Gasteiger partial charge in [0.1, 0.15) is 11.5 Å². The number of rotatable bonds is 15. The summed E-state index contributed by atoms with van der Waals surface area (Å²) in [5, 5.41) is 3.21. The number of hydrogen-bond donors (Lipinski definition) is 0. The van der Waals surface area contributed by atoms with E-state index in [-0.39, 0.29) is 11.9 Å². The second kappa shape index (κ2) is 14.6. The zero-order valence-corrected chi connectivity index (χ0v) is 22.4. The molecule has 0 aromatic heterocycles. The van der Waals surface area contributed by atoms with Gasteiger partial charge in [-0.3, -0.25) is 9.59 Å². The van der Waals surface area contributed by atoms with Gasteiger partial charge in [0.2, 0.25) is 0 Å². The highest BCUT2D eigenvalue weighted by atomic mass is 16.5. The summed E-state index contributed by atoms with van der Waals surface area (Å²) in [6.07, 6.45) is 12.5. The maximum Gasteiger partial charge on any atom is 0.311 e. The second-order valence-electron chi connectivity index (χ2n) is 9.71. The highest BCUT2D eigenvalue weighted by Gasteiger charge is 2.20. The SMILES string of the molecule is CCCCCCCC(=O)Oc1c2ccccc2c(OC(=O)CCCCCCC)c2cc(CC)ccc12. The van der Waals surface area contributed by atoms with E-state index in [1.165, 1.54) is 25.7 Å². The average molecular weight is 491 g/mol. The molecular weight excluding hydrogens is 448 g/mol. The third-order valence-corrected chi connectivity index (χ3v) is 6.80. The van der Waals surface area contributed by atoms with E-state index in [0.29, 0.717) is 24.3 Å². The van der Waals surface area contributed by atoms with Crippen molar-refractivity contribution in [3.63, 3.8) is 0 Å². The molecule has 0 N–H and O–H groups in total. The van der Waals surface area contributed by atoms with Crippen molar-refractivity contribution in [2.75, 3.05) is 0 Å². The lowest BCUT2D eigenvalue weighted by Gasteiger charge is -2.17. The van der Waals surface area contributed by atoms with E-state index in [9.17, 15) is 9.59 Å². The first-order valence-electron chi connectivity index (χ1n) is 14.0. The van der Waals surface area contributed by atoms with Crippen LogP contribution in [0.1, 0.15) is 103 Å². The van der Waals surface area contributed by atoms with Crippen LogP contribution in [0.4, 0.5) is 0 Å². The molecule has 3 aromatic rings. The van der Waals surface area contributed by atoms with E-state index < -0.39 is 0 Å². The van der Waals surface area contributed by atoms with Crippen LogP contribution >= 0.6 is 0 Å². The molecule has 36 heavy (non-hydrogen) atoms. The quantitative estimate of drug-likeness (QED) is 0.0922. The molecule has 3 rings (SSSR count). The maximum atomic E-state index is 12.8. The zero-order valence-electron chi connectivity index (χ0n) is 22.4. The van der Waals surface area contributed by atoms with Crippen molar-refractivity contribution in [1.29, 1.82) is 0 Å². The van der Waals surface area contributed by atoms with Gasteiger partial charge in [0.15, 0.2) is 0 Å². The summed E-state index contributed by atoms with van der Waals surface area (Å²) in [5.41, 5.74) is 1.14. The van der Waals surface area contributed by atoms with Crippen LogP contribution in [0, 0.1) is 0 Å². The number of esters is 2. The third kappa shape index (κ3) is 7.56. The van der Waals surface area contributed by atoms with Crippen LogP contribution < -0.4 is 9.47 Å². The van der Waals surface area contributed by atoms with Crippen molar-refractivity contribution in [2.45, 2.75) is 104 Å². The third-order valence-electron chi connectivity index (χ3n) is 6.80. The van der Waals surface area contributed by atoms with Crippen molar-refractivity contribution in [2.24, 2.45) is 0 Å². The summed E-state index contributed by atoms with van der Waals surface area (Å²) in [6, 6.07) is 13.8. The number of hydrogen-bond acceptors (Lipinski definition) is 4. The Morgan fingerprint density at radius 2 is 1.06 bits per heavy atom. The summed E-state index contributed by atoms with van der Waals surface area (Å²) in [6.45, 7) is 6.47. The summed E-state index contributed by atoms with van der Waals surface area (Å²) >= 11 is 0. The second-order valence-corrected chi connectivity index (χ2v) is 9.71. The normalized spacial score (nSPS) is 11.2. The van der Waals surface area contributed by atoms with E-state index >= 15 is 0 Å². The van der Waals surface area contributed by atoms with Gasteiger partial charge in [0.25, 0.3) is 0 Å². The number of benzene rings is 3. The number of unbranched alkanes of at least 4 members (excludes halogenated alkanes) is 8. The van der Waals surface area contributed by atoms with E-state index in [2.05, 4.69) is 32.9 Å². The molecule has 0 unspecified atom stereocenters. The monoisotopic (exact) mass is 490 g/mol. The molecule has 0 aliphatic carbocycles. The van der Waals surface area contributed by atoms with Crippen molar-refractivity contribution in [3.8, 4) is 11.5 Å². The first-order chi connectivity index (χ1) is 17.6. The molecule has 0 aliphatic rings. The minimum Gasteiger partial charge on any atom is -0.425 e. The van der Waals surface area contributed by atoms with Crippen LogP contribution in [0.3, 0.4) is 0 Å². The van der Waals surface area contributed by atoms with Gasteiger partial charge < -0.3 is 9.47 Å². The van der Waals surface area contributed by atoms with E-state index in [1.54, 1.807) is 0 Å². The van der Waals surface area contributed by atoms with E-state index in [4.69, 9.17) is 9.47 Å². The van der Waals surface area contributed by atoms with E-state index in [1.807, 2.05) is 30.3 Å². The molecule has 0 aliphatic heterocycles. The molecule has 0 atom stereocenters. The van der Waals surface area contributed by atoms with E-state index in [0.717, 1.165) is 72.1 Å². The lowest BCUT2D eigenvalue weighted by atomic mass is 9.98. The number of aryl methyl sites for hydroxylation is 1. The Labute approximate surface area is 216 Å². The molecular formula is C32H42O4. The summed E-state index contributed by atoms with van der Waals surface area (Å²) < 4.78 is 12.0. The van der Waals surface area contributed by atoms with Crippen LogP contribution in [-0.2, 0) is 16.0 Å². The van der Waals surface area contributed by atoms with Crippen molar-refractivity contribution >= 4 is 33.5 Å². The van der Waals surface area contributed by atoms with Crippen molar-refractivity contribution < 1.29 is 19.1 Å². The molecule has 0 fully saturated rings. The number of carbonyl (C=O) groups is 2. The molecule has 0 radical (unpaired) electrons.